The van der Waals surface area contributed by atoms with Gasteiger partial charge in [0.2, 0.25) is 0 Å². The molecule has 3 aromatic carbocycles. The summed E-state index contributed by atoms with van der Waals surface area (Å²) in [5.74, 6) is 2.82. The van der Waals surface area contributed by atoms with Crippen molar-refractivity contribution >= 4 is 22.9 Å². The lowest BCUT2D eigenvalue weighted by molar-refractivity contribution is 0.0955. The van der Waals surface area contributed by atoms with E-state index < -0.39 is 0 Å². The van der Waals surface area contributed by atoms with Crippen molar-refractivity contribution in [1.82, 2.24) is 5.43 Å². The van der Waals surface area contributed by atoms with Gasteiger partial charge in [0.25, 0.3) is 5.91 Å². The van der Waals surface area contributed by atoms with Gasteiger partial charge in [0.05, 0.1) is 6.21 Å². The van der Waals surface area contributed by atoms with E-state index in [1.807, 2.05) is 60.7 Å². The van der Waals surface area contributed by atoms with Crippen molar-refractivity contribution in [3.05, 3.63) is 77.4 Å². The lowest BCUT2D eigenvalue weighted by atomic mass is 9.87. The van der Waals surface area contributed by atoms with E-state index in [0.29, 0.717) is 11.3 Å². The van der Waals surface area contributed by atoms with Gasteiger partial charge in [-0.15, -0.1) is 6.42 Å². The van der Waals surface area contributed by atoms with E-state index in [0.717, 1.165) is 16.3 Å². The minimum absolute atomic E-state index is 0.0380. The van der Waals surface area contributed by atoms with Gasteiger partial charge in [0.1, 0.15) is 12.4 Å². The molecule has 0 spiro atoms. The molecule has 1 N–H and O–H groups in total. The second-order valence-corrected chi connectivity index (χ2v) is 7.72. The number of fused-ring (bicyclic) bond motifs is 1. The molecule has 0 saturated carbocycles. The number of hydrogen-bond acceptors (Lipinski definition) is 3. The van der Waals surface area contributed by atoms with Crippen LogP contribution in [0.4, 0.5) is 0 Å². The van der Waals surface area contributed by atoms with Gasteiger partial charge >= 0.3 is 0 Å². The van der Waals surface area contributed by atoms with Crippen molar-refractivity contribution in [3.63, 3.8) is 0 Å². The molecule has 0 saturated heterocycles. The smallest absolute Gasteiger partial charge is 0.271 e. The van der Waals surface area contributed by atoms with E-state index in [1.165, 1.54) is 5.56 Å². The second kappa shape index (κ2) is 8.62. The summed E-state index contributed by atoms with van der Waals surface area (Å²) < 4.78 is 5.64. The highest BCUT2D eigenvalue weighted by atomic mass is 16.5. The molecule has 3 aromatic rings. The maximum Gasteiger partial charge on any atom is 0.271 e. The molecule has 0 aliphatic heterocycles. The Hall–Kier alpha value is -3.58. The molecule has 0 unspecified atom stereocenters. The number of nitrogens with zero attached hydrogens (tertiary/aromatic N) is 1. The molecule has 4 nitrogen and oxygen atoms in total. The van der Waals surface area contributed by atoms with Crippen LogP contribution in [0.25, 0.3) is 10.8 Å². The number of carbonyl (C=O) groups excluding carboxylic acids is 1. The third kappa shape index (κ3) is 4.83. The molecular formula is C25H24N2O2. The van der Waals surface area contributed by atoms with E-state index in [-0.39, 0.29) is 17.9 Å². The van der Waals surface area contributed by atoms with Crippen LogP contribution in [0.3, 0.4) is 0 Å². The Bertz CT molecular complexity index is 1080. The predicted molar refractivity (Wildman–Crippen MR) is 118 cm³/mol. The van der Waals surface area contributed by atoms with Crippen LogP contribution in [0, 0.1) is 12.3 Å². The first-order chi connectivity index (χ1) is 13.9. The summed E-state index contributed by atoms with van der Waals surface area (Å²) in [5.41, 5.74) is 5.11. The minimum Gasteiger partial charge on any atom is -0.480 e. The molecule has 0 aliphatic carbocycles. The second-order valence-electron chi connectivity index (χ2n) is 7.72. The number of rotatable bonds is 5. The summed E-state index contributed by atoms with van der Waals surface area (Å²) in [6.07, 6.45) is 6.91. The lowest BCUT2D eigenvalue weighted by Crippen LogP contribution is -2.18. The standard InChI is InChI=1S/C25H24N2O2/c1-5-16-29-23-15-12-18-8-6-7-9-21(18)22(23)17-26-27-24(28)19-10-13-20(14-11-19)25(2,3)4/h1,6-15,17H,16H2,2-4H3,(H,27,28)/b26-17-. The molecule has 0 heterocycles. The van der Waals surface area contributed by atoms with E-state index >= 15 is 0 Å². The molecule has 0 aliphatic rings. The summed E-state index contributed by atoms with van der Waals surface area (Å²) in [5, 5.41) is 6.17. The number of hydrazone groups is 1. The normalized spacial score (nSPS) is 11.4. The summed E-state index contributed by atoms with van der Waals surface area (Å²) in [6.45, 7) is 6.56. The van der Waals surface area contributed by atoms with Gasteiger partial charge < -0.3 is 4.74 Å². The summed E-state index contributed by atoms with van der Waals surface area (Å²) in [7, 11) is 0. The Morgan fingerprint density at radius 2 is 1.83 bits per heavy atom. The number of benzene rings is 3. The van der Waals surface area contributed by atoms with Crippen LogP contribution in [0.1, 0.15) is 42.3 Å². The Balaban J connectivity index is 1.81. The van der Waals surface area contributed by atoms with Crippen molar-refractivity contribution < 1.29 is 9.53 Å². The van der Waals surface area contributed by atoms with Crippen LogP contribution < -0.4 is 10.2 Å². The van der Waals surface area contributed by atoms with Crippen LogP contribution in [-0.2, 0) is 5.41 Å². The molecule has 1 amide bonds. The van der Waals surface area contributed by atoms with E-state index in [9.17, 15) is 4.79 Å². The monoisotopic (exact) mass is 384 g/mol. The quantitative estimate of drug-likeness (QED) is 0.386. The molecule has 0 fully saturated rings. The van der Waals surface area contributed by atoms with Gasteiger partial charge in [-0.1, -0.05) is 69.2 Å². The molecule has 0 radical (unpaired) electrons. The Kier molecular flexibility index (Phi) is 5.99. The van der Waals surface area contributed by atoms with Gasteiger partial charge in [-0.3, -0.25) is 4.79 Å². The van der Waals surface area contributed by atoms with Crippen LogP contribution in [0.15, 0.2) is 65.8 Å². The molecule has 0 aromatic heterocycles. The third-order valence-corrected chi connectivity index (χ3v) is 4.61. The van der Waals surface area contributed by atoms with Gasteiger partial charge in [0, 0.05) is 11.1 Å². The summed E-state index contributed by atoms with van der Waals surface area (Å²) in [4.78, 5) is 12.4. The first kappa shape index (κ1) is 20.2. The molecular weight excluding hydrogens is 360 g/mol. The third-order valence-electron chi connectivity index (χ3n) is 4.61. The minimum atomic E-state index is -0.270. The van der Waals surface area contributed by atoms with Crippen LogP contribution in [-0.4, -0.2) is 18.7 Å². The van der Waals surface area contributed by atoms with Crippen LogP contribution in [0.2, 0.25) is 0 Å². The highest BCUT2D eigenvalue weighted by Crippen LogP contribution is 2.26. The predicted octanol–water partition coefficient (Wildman–Crippen LogP) is 4.91. The number of carbonyl (C=O) groups is 1. The average molecular weight is 384 g/mol. The molecule has 4 heteroatoms. The zero-order valence-electron chi connectivity index (χ0n) is 16.9. The van der Waals surface area contributed by atoms with E-state index in [1.54, 1.807) is 6.21 Å². The molecule has 29 heavy (non-hydrogen) atoms. The first-order valence-electron chi connectivity index (χ1n) is 9.42. The molecule has 146 valence electrons. The van der Waals surface area contributed by atoms with Crippen molar-refractivity contribution in [2.75, 3.05) is 6.61 Å². The molecule has 0 bridgehead atoms. The average Bonchev–Trinajstić information content (AvgIpc) is 2.72. The SMILES string of the molecule is C#CCOc1ccc2ccccc2c1/C=N\NC(=O)c1ccc(C(C)(C)C)cc1. The Morgan fingerprint density at radius 1 is 1.10 bits per heavy atom. The molecule has 3 rings (SSSR count). The first-order valence-corrected chi connectivity index (χ1v) is 9.42. The number of nitrogens with one attached hydrogen (secondary N) is 1. The maximum atomic E-state index is 12.4. The summed E-state index contributed by atoms with van der Waals surface area (Å²) in [6, 6.07) is 19.3. The number of amides is 1. The topological polar surface area (TPSA) is 50.7 Å². The fourth-order valence-corrected chi connectivity index (χ4v) is 3.00. The van der Waals surface area contributed by atoms with Crippen LogP contribution >= 0.6 is 0 Å². The number of hydrogen-bond donors (Lipinski definition) is 1. The van der Waals surface area contributed by atoms with E-state index in [4.69, 9.17) is 11.2 Å². The summed E-state index contributed by atoms with van der Waals surface area (Å²) >= 11 is 0. The van der Waals surface area contributed by atoms with E-state index in [2.05, 4.69) is 37.2 Å². The van der Waals surface area contributed by atoms with Crippen molar-refractivity contribution in [2.45, 2.75) is 26.2 Å². The zero-order valence-corrected chi connectivity index (χ0v) is 16.9. The van der Waals surface area contributed by atoms with Gasteiger partial charge in [-0.05, 0) is 39.9 Å². The van der Waals surface area contributed by atoms with Crippen molar-refractivity contribution in [3.8, 4) is 18.1 Å². The van der Waals surface area contributed by atoms with Gasteiger partial charge in [-0.2, -0.15) is 5.10 Å². The van der Waals surface area contributed by atoms with Gasteiger partial charge in [0.15, 0.2) is 0 Å². The maximum absolute atomic E-state index is 12.4. The van der Waals surface area contributed by atoms with Gasteiger partial charge in [-0.25, -0.2) is 5.43 Å². The molecule has 0 atom stereocenters. The number of terminal acetylenes is 1. The van der Waals surface area contributed by atoms with Crippen molar-refractivity contribution in [1.29, 1.82) is 0 Å². The Labute approximate surface area is 171 Å². The highest BCUT2D eigenvalue weighted by Gasteiger charge is 2.14. The van der Waals surface area contributed by atoms with Crippen molar-refractivity contribution in [2.24, 2.45) is 5.10 Å². The fraction of sp³-hybridized carbons (Fsp3) is 0.200. The lowest BCUT2D eigenvalue weighted by Gasteiger charge is -2.18. The highest BCUT2D eigenvalue weighted by molar-refractivity contribution is 6.03. The fourth-order valence-electron chi connectivity index (χ4n) is 3.00. The Morgan fingerprint density at radius 3 is 2.52 bits per heavy atom. The number of ether oxygens (including phenoxy) is 1. The van der Waals surface area contributed by atoms with Crippen LogP contribution in [0.5, 0.6) is 5.75 Å². The zero-order chi connectivity index (χ0) is 20.9. The largest absolute Gasteiger partial charge is 0.480 e.